The molecule has 1 amide bonds. The third-order valence-electron chi connectivity index (χ3n) is 5.11. The number of amides is 1. The Balaban J connectivity index is 1.46. The van der Waals surface area contributed by atoms with Gasteiger partial charge in [0, 0.05) is 38.2 Å². The van der Waals surface area contributed by atoms with Gasteiger partial charge in [-0.3, -0.25) is 4.79 Å². The molecule has 1 saturated heterocycles. The van der Waals surface area contributed by atoms with Gasteiger partial charge in [-0.2, -0.15) is 0 Å². The third-order valence-corrected chi connectivity index (χ3v) is 5.11. The van der Waals surface area contributed by atoms with Gasteiger partial charge in [0.25, 0.3) is 0 Å². The molecule has 0 N–H and O–H groups in total. The summed E-state index contributed by atoms with van der Waals surface area (Å²) in [5.74, 6) is 0.464. The van der Waals surface area contributed by atoms with E-state index < -0.39 is 0 Å². The van der Waals surface area contributed by atoms with Crippen LogP contribution in [0.4, 0.5) is 0 Å². The maximum Gasteiger partial charge on any atom is 0.234 e. The zero-order valence-electron chi connectivity index (χ0n) is 15.6. The van der Waals surface area contributed by atoms with E-state index in [0.717, 1.165) is 24.0 Å². The van der Waals surface area contributed by atoms with Crippen LogP contribution in [0.2, 0.25) is 0 Å². The Morgan fingerprint density at radius 2 is 1.54 bits per heavy atom. The zero-order valence-corrected chi connectivity index (χ0v) is 15.6. The molecule has 1 aliphatic heterocycles. The summed E-state index contributed by atoms with van der Waals surface area (Å²) < 4.78 is 5.92. The first-order valence-corrected chi connectivity index (χ1v) is 9.62. The standard InChI is InChI=1S/C23H23N3O2/c27-23(22(18-7-3-1-4-8-18)19-9-5-2-6-10-19)26-15-12-20(13-16-26)28-21-11-14-24-17-25-21/h1-11,14,17,20,22H,12-13,15-16H2. The average Bonchev–Trinajstić information content (AvgIpc) is 2.77. The van der Waals surface area contributed by atoms with Crippen LogP contribution >= 0.6 is 0 Å². The Morgan fingerprint density at radius 3 is 2.07 bits per heavy atom. The van der Waals surface area contributed by atoms with Gasteiger partial charge in [-0.05, 0) is 11.1 Å². The molecule has 0 atom stereocenters. The van der Waals surface area contributed by atoms with Crippen molar-refractivity contribution in [1.82, 2.24) is 14.9 Å². The molecule has 0 unspecified atom stereocenters. The van der Waals surface area contributed by atoms with Gasteiger partial charge in [0.1, 0.15) is 12.4 Å². The third kappa shape index (κ3) is 4.19. The lowest BCUT2D eigenvalue weighted by Gasteiger charge is -2.34. The minimum atomic E-state index is -0.276. The quantitative estimate of drug-likeness (QED) is 0.685. The molecule has 1 aliphatic rings. The second-order valence-corrected chi connectivity index (χ2v) is 6.94. The van der Waals surface area contributed by atoms with Crippen LogP contribution in [-0.4, -0.2) is 40.0 Å². The number of carbonyl (C=O) groups is 1. The van der Waals surface area contributed by atoms with E-state index in [-0.39, 0.29) is 17.9 Å². The van der Waals surface area contributed by atoms with Crippen molar-refractivity contribution in [2.24, 2.45) is 0 Å². The summed E-state index contributed by atoms with van der Waals surface area (Å²) in [6.07, 6.45) is 4.83. The van der Waals surface area contributed by atoms with E-state index in [0.29, 0.717) is 19.0 Å². The van der Waals surface area contributed by atoms with Gasteiger partial charge in [-0.25, -0.2) is 9.97 Å². The fourth-order valence-electron chi connectivity index (χ4n) is 3.66. The van der Waals surface area contributed by atoms with Gasteiger partial charge in [-0.1, -0.05) is 60.7 Å². The first-order valence-electron chi connectivity index (χ1n) is 9.62. The van der Waals surface area contributed by atoms with Gasteiger partial charge in [-0.15, -0.1) is 0 Å². The highest BCUT2D eigenvalue weighted by Crippen LogP contribution is 2.28. The summed E-state index contributed by atoms with van der Waals surface area (Å²) >= 11 is 0. The summed E-state index contributed by atoms with van der Waals surface area (Å²) in [4.78, 5) is 23.4. The highest BCUT2D eigenvalue weighted by molar-refractivity contribution is 5.87. The predicted octanol–water partition coefficient (Wildman–Crippen LogP) is 3.68. The molecule has 0 aliphatic carbocycles. The van der Waals surface area contributed by atoms with Crippen molar-refractivity contribution in [3.8, 4) is 5.88 Å². The largest absolute Gasteiger partial charge is 0.474 e. The molecule has 0 saturated carbocycles. The number of nitrogens with zero attached hydrogens (tertiary/aromatic N) is 3. The van der Waals surface area contributed by atoms with Gasteiger partial charge in [0.15, 0.2) is 0 Å². The van der Waals surface area contributed by atoms with Gasteiger partial charge in [0.05, 0.1) is 5.92 Å². The number of ether oxygens (including phenoxy) is 1. The normalized spacial score (nSPS) is 14.8. The molecule has 28 heavy (non-hydrogen) atoms. The SMILES string of the molecule is O=C(C(c1ccccc1)c1ccccc1)N1CCC(Oc2ccncn2)CC1. The lowest BCUT2D eigenvalue weighted by molar-refractivity contribution is -0.133. The highest BCUT2D eigenvalue weighted by atomic mass is 16.5. The Morgan fingerprint density at radius 1 is 0.929 bits per heavy atom. The van der Waals surface area contributed by atoms with Crippen LogP contribution in [0.5, 0.6) is 5.88 Å². The monoisotopic (exact) mass is 373 g/mol. The highest BCUT2D eigenvalue weighted by Gasteiger charge is 2.31. The Labute approximate surface area is 165 Å². The minimum absolute atomic E-state index is 0.0749. The molecule has 5 heteroatoms. The van der Waals surface area contributed by atoms with Crippen LogP contribution < -0.4 is 4.74 Å². The summed E-state index contributed by atoms with van der Waals surface area (Å²) in [6, 6.07) is 21.8. The van der Waals surface area contributed by atoms with Crippen molar-refractivity contribution in [3.05, 3.63) is 90.4 Å². The van der Waals surface area contributed by atoms with Gasteiger partial charge >= 0.3 is 0 Å². The van der Waals surface area contributed by atoms with Gasteiger partial charge in [0.2, 0.25) is 11.8 Å². The van der Waals surface area contributed by atoms with Crippen molar-refractivity contribution in [2.45, 2.75) is 24.9 Å². The number of carbonyl (C=O) groups excluding carboxylic acids is 1. The summed E-state index contributed by atoms with van der Waals surface area (Å²) in [7, 11) is 0. The van der Waals surface area contributed by atoms with Crippen LogP contribution in [0, 0.1) is 0 Å². The Hall–Kier alpha value is -3.21. The molecule has 3 aromatic rings. The van der Waals surface area contributed by atoms with Crippen molar-refractivity contribution in [3.63, 3.8) is 0 Å². The van der Waals surface area contributed by atoms with Gasteiger partial charge < -0.3 is 9.64 Å². The summed E-state index contributed by atoms with van der Waals surface area (Å²) in [5, 5.41) is 0. The number of hydrogen-bond donors (Lipinski definition) is 0. The van der Waals surface area contributed by atoms with Crippen LogP contribution in [0.15, 0.2) is 79.3 Å². The number of aromatic nitrogens is 2. The lowest BCUT2D eigenvalue weighted by Crippen LogP contribution is -2.44. The Kier molecular flexibility index (Phi) is 5.61. The smallest absolute Gasteiger partial charge is 0.234 e. The van der Waals surface area contributed by atoms with E-state index in [1.54, 1.807) is 12.3 Å². The van der Waals surface area contributed by atoms with Crippen LogP contribution in [0.1, 0.15) is 29.9 Å². The summed E-state index contributed by atoms with van der Waals surface area (Å²) in [6.45, 7) is 1.37. The lowest BCUT2D eigenvalue weighted by atomic mass is 9.89. The Bertz CT molecular complexity index is 840. The first kappa shape index (κ1) is 18.2. The molecule has 1 aromatic heterocycles. The van der Waals surface area contributed by atoms with Crippen LogP contribution in [0.3, 0.4) is 0 Å². The van der Waals surface area contributed by atoms with Crippen LogP contribution in [0.25, 0.3) is 0 Å². The minimum Gasteiger partial charge on any atom is -0.474 e. The van der Waals surface area contributed by atoms with Crippen molar-refractivity contribution in [1.29, 1.82) is 0 Å². The first-order chi connectivity index (χ1) is 13.8. The topological polar surface area (TPSA) is 55.3 Å². The van der Waals surface area contributed by atoms with E-state index in [2.05, 4.69) is 9.97 Å². The fraction of sp³-hybridized carbons (Fsp3) is 0.261. The molecule has 0 bridgehead atoms. The predicted molar refractivity (Wildman–Crippen MR) is 107 cm³/mol. The maximum absolute atomic E-state index is 13.4. The molecule has 0 radical (unpaired) electrons. The maximum atomic E-state index is 13.4. The number of hydrogen-bond acceptors (Lipinski definition) is 4. The molecule has 5 nitrogen and oxygen atoms in total. The molecule has 4 rings (SSSR count). The molecule has 142 valence electrons. The number of rotatable bonds is 5. The average molecular weight is 373 g/mol. The summed E-state index contributed by atoms with van der Waals surface area (Å²) in [5.41, 5.74) is 2.05. The molecule has 2 aromatic carbocycles. The van der Waals surface area contributed by atoms with E-state index in [4.69, 9.17) is 4.74 Å². The van der Waals surface area contributed by atoms with E-state index in [9.17, 15) is 4.79 Å². The van der Waals surface area contributed by atoms with Crippen molar-refractivity contribution < 1.29 is 9.53 Å². The van der Waals surface area contributed by atoms with E-state index in [1.165, 1.54) is 6.33 Å². The molecule has 0 spiro atoms. The zero-order chi connectivity index (χ0) is 19.2. The van der Waals surface area contributed by atoms with Crippen molar-refractivity contribution >= 4 is 5.91 Å². The van der Waals surface area contributed by atoms with E-state index in [1.807, 2.05) is 65.6 Å². The second-order valence-electron chi connectivity index (χ2n) is 6.94. The number of benzene rings is 2. The number of piperidine rings is 1. The molecule has 2 heterocycles. The van der Waals surface area contributed by atoms with Crippen molar-refractivity contribution in [2.75, 3.05) is 13.1 Å². The fourth-order valence-corrected chi connectivity index (χ4v) is 3.66. The molecular weight excluding hydrogens is 350 g/mol. The second kappa shape index (κ2) is 8.65. The molecule has 1 fully saturated rings. The van der Waals surface area contributed by atoms with E-state index >= 15 is 0 Å². The molecular formula is C23H23N3O2. The number of likely N-dealkylation sites (tertiary alicyclic amines) is 1. The van der Waals surface area contributed by atoms with Crippen LogP contribution in [-0.2, 0) is 4.79 Å².